The lowest BCUT2D eigenvalue weighted by Crippen LogP contribution is -2.62. The number of hydrogen-bond donors (Lipinski definition) is 0. The molecule has 2 aliphatic heterocycles. The Morgan fingerprint density at radius 3 is 2.10 bits per heavy atom. The number of para-hydroxylation sites is 1. The van der Waals surface area contributed by atoms with Crippen LogP contribution in [0.3, 0.4) is 0 Å². The monoisotopic (exact) mass is 393 g/mol. The van der Waals surface area contributed by atoms with Gasteiger partial charge in [0, 0.05) is 28.6 Å². The van der Waals surface area contributed by atoms with Crippen molar-refractivity contribution >= 4 is 5.69 Å². The Labute approximate surface area is 180 Å². The molecule has 7 rings (SSSR count). The van der Waals surface area contributed by atoms with Gasteiger partial charge in [-0.05, 0) is 72.6 Å². The highest BCUT2D eigenvalue weighted by atomic mass is 15.2. The third kappa shape index (κ3) is 2.35. The second-order valence-electron chi connectivity index (χ2n) is 10.6. The van der Waals surface area contributed by atoms with Crippen molar-refractivity contribution in [2.24, 2.45) is 0 Å². The van der Waals surface area contributed by atoms with Crippen molar-refractivity contribution in [1.29, 1.82) is 0 Å². The Morgan fingerprint density at radius 2 is 1.33 bits per heavy atom. The summed E-state index contributed by atoms with van der Waals surface area (Å²) in [5, 5.41) is 0. The summed E-state index contributed by atoms with van der Waals surface area (Å²) in [5.41, 5.74) is 9.46. The first kappa shape index (κ1) is 18.2. The third-order valence-electron chi connectivity index (χ3n) is 8.66. The zero-order valence-corrected chi connectivity index (χ0v) is 18.4. The molecule has 3 aromatic carbocycles. The molecule has 3 fully saturated rings. The van der Waals surface area contributed by atoms with Gasteiger partial charge in [0.15, 0.2) is 0 Å². The van der Waals surface area contributed by atoms with Crippen LogP contribution in [0, 0.1) is 0 Å². The number of hydrogen-bond acceptors (Lipinski definition) is 1. The van der Waals surface area contributed by atoms with Gasteiger partial charge in [0.1, 0.15) is 0 Å². The minimum absolute atomic E-state index is 0.0932. The highest BCUT2D eigenvalue weighted by molar-refractivity contribution is 5.81. The summed E-state index contributed by atoms with van der Waals surface area (Å²) in [6.07, 6.45) is 5.16. The zero-order chi connectivity index (χ0) is 20.6. The minimum Gasteiger partial charge on any atom is -0.365 e. The van der Waals surface area contributed by atoms with Crippen molar-refractivity contribution in [3.63, 3.8) is 0 Å². The van der Waals surface area contributed by atoms with E-state index in [-0.39, 0.29) is 10.8 Å². The van der Waals surface area contributed by atoms with Crippen LogP contribution < -0.4 is 4.90 Å². The van der Waals surface area contributed by atoms with E-state index in [1.165, 1.54) is 53.6 Å². The number of piperidine rings is 2. The van der Waals surface area contributed by atoms with E-state index in [9.17, 15) is 0 Å². The lowest BCUT2D eigenvalue weighted by atomic mass is 9.59. The van der Waals surface area contributed by atoms with Gasteiger partial charge in [-0.2, -0.15) is 0 Å². The SMILES string of the molecule is CC1(C)c2ccccc2-c2cc(C34CCC(C)(CC3)N(c3ccccc3)C4)ccc21. The van der Waals surface area contributed by atoms with E-state index >= 15 is 0 Å². The topological polar surface area (TPSA) is 3.24 Å². The van der Waals surface area contributed by atoms with Crippen molar-refractivity contribution < 1.29 is 0 Å². The molecule has 0 spiro atoms. The molecule has 2 saturated heterocycles. The van der Waals surface area contributed by atoms with Crippen molar-refractivity contribution in [2.45, 2.75) is 62.8 Å². The highest BCUT2D eigenvalue weighted by Crippen LogP contribution is 2.55. The largest absolute Gasteiger partial charge is 0.365 e. The molecule has 152 valence electrons. The average molecular weight is 394 g/mol. The maximum atomic E-state index is 2.71. The molecule has 1 nitrogen and oxygen atoms in total. The van der Waals surface area contributed by atoms with E-state index in [0.717, 1.165) is 6.54 Å². The second-order valence-corrected chi connectivity index (χ2v) is 10.6. The molecule has 0 N–H and O–H groups in total. The van der Waals surface area contributed by atoms with Gasteiger partial charge in [-0.3, -0.25) is 0 Å². The Bertz CT molecular complexity index is 1120. The van der Waals surface area contributed by atoms with Gasteiger partial charge in [0.25, 0.3) is 0 Å². The van der Waals surface area contributed by atoms with E-state index < -0.39 is 0 Å². The van der Waals surface area contributed by atoms with E-state index in [1.54, 1.807) is 5.56 Å². The van der Waals surface area contributed by atoms with Crippen LogP contribution >= 0.6 is 0 Å². The lowest BCUT2D eigenvalue weighted by Gasteiger charge is -2.60. The molecular weight excluding hydrogens is 362 g/mol. The van der Waals surface area contributed by atoms with Crippen LogP contribution in [0.5, 0.6) is 0 Å². The number of benzene rings is 3. The maximum Gasteiger partial charge on any atom is 0.0375 e. The maximum absolute atomic E-state index is 2.71. The highest BCUT2D eigenvalue weighted by Gasteiger charge is 2.52. The predicted molar refractivity (Wildman–Crippen MR) is 126 cm³/mol. The summed E-state index contributed by atoms with van der Waals surface area (Å²) in [4.78, 5) is 2.71. The summed E-state index contributed by atoms with van der Waals surface area (Å²) in [5.74, 6) is 0. The van der Waals surface area contributed by atoms with Gasteiger partial charge >= 0.3 is 0 Å². The Kier molecular flexibility index (Phi) is 3.65. The first-order valence-corrected chi connectivity index (χ1v) is 11.5. The standard InChI is InChI=1S/C29H31N/c1-27(2)25-12-8-7-11-23(25)24-19-21(13-14-26(24)27)29-17-15-28(3,16-18-29)30(20-29)22-9-5-4-6-10-22/h4-14,19H,15-18,20H2,1-3H3. The minimum atomic E-state index is 0.0932. The second kappa shape index (κ2) is 6.00. The fourth-order valence-electron chi connectivity index (χ4n) is 6.63. The molecule has 30 heavy (non-hydrogen) atoms. The molecule has 0 unspecified atom stereocenters. The van der Waals surface area contributed by atoms with Gasteiger partial charge < -0.3 is 4.90 Å². The summed E-state index contributed by atoms with van der Waals surface area (Å²) in [6.45, 7) is 8.36. The van der Waals surface area contributed by atoms with Crippen molar-refractivity contribution in [3.05, 3.63) is 89.5 Å². The van der Waals surface area contributed by atoms with Gasteiger partial charge in [-0.25, -0.2) is 0 Å². The summed E-state index contributed by atoms with van der Waals surface area (Å²) < 4.78 is 0. The number of nitrogens with zero attached hydrogens (tertiary/aromatic N) is 1. The van der Waals surface area contributed by atoms with Crippen LogP contribution in [0.2, 0.25) is 0 Å². The van der Waals surface area contributed by atoms with Gasteiger partial charge in [-0.1, -0.05) is 74.5 Å². The van der Waals surface area contributed by atoms with Crippen molar-refractivity contribution in [1.82, 2.24) is 0 Å². The predicted octanol–water partition coefficient (Wildman–Crippen LogP) is 7.08. The third-order valence-corrected chi connectivity index (χ3v) is 8.66. The van der Waals surface area contributed by atoms with Crippen LogP contribution in [0.25, 0.3) is 11.1 Å². The Balaban J connectivity index is 1.45. The number of rotatable bonds is 2. The molecule has 0 radical (unpaired) electrons. The van der Waals surface area contributed by atoms with Crippen LogP contribution in [-0.4, -0.2) is 12.1 Å². The van der Waals surface area contributed by atoms with Gasteiger partial charge in [0.2, 0.25) is 0 Å². The molecule has 1 saturated carbocycles. The first-order valence-electron chi connectivity index (χ1n) is 11.5. The Morgan fingerprint density at radius 1 is 0.667 bits per heavy atom. The van der Waals surface area contributed by atoms with E-state index in [4.69, 9.17) is 0 Å². The van der Waals surface area contributed by atoms with Crippen LogP contribution in [-0.2, 0) is 10.8 Å². The van der Waals surface area contributed by atoms with Crippen LogP contribution in [0.4, 0.5) is 5.69 Å². The molecule has 0 amide bonds. The number of anilines is 1. The molecule has 2 aliphatic carbocycles. The molecule has 0 atom stereocenters. The molecule has 2 bridgehead atoms. The molecule has 0 aromatic heterocycles. The van der Waals surface area contributed by atoms with Crippen molar-refractivity contribution in [3.8, 4) is 11.1 Å². The van der Waals surface area contributed by atoms with Crippen LogP contribution in [0.15, 0.2) is 72.8 Å². The molecule has 2 heterocycles. The first-order chi connectivity index (χ1) is 14.4. The van der Waals surface area contributed by atoms with Gasteiger partial charge in [-0.15, -0.1) is 0 Å². The smallest absolute Gasteiger partial charge is 0.0375 e. The summed E-state index contributed by atoms with van der Waals surface area (Å²) in [7, 11) is 0. The fraction of sp³-hybridized carbons (Fsp3) is 0.379. The molecule has 4 aliphatic rings. The molecular formula is C29H31N. The lowest BCUT2D eigenvalue weighted by molar-refractivity contribution is 0.140. The van der Waals surface area contributed by atoms with E-state index in [1.807, 2.05) is 0 Å². The van der Waals surface area contributed by atoms with Crippen LogP contribution in [0.1, 0.15) is 63.1 Å². The average Bonchev–Trinajstić information content (AvgIpc) is 3.02. The molecule has 1 heteroatoms. The van der Waals surface area contributed by atoms with E-state index in [0.29, 0.717) is 5.54 Å². The van der Waals surface area contributed by atoms with Crippen molar-refractivity contribution in [2.75, 3.05) is 11.4 Å². The van der Waals surface area contributed by atoms with E-state index in [2.05, 4.69) is 98.5 Å². The fourth-order valence-corrected chi connectivity index (χ4v) is 6.63. The van der Waals surface area contributed by atoms with Gasteiger partial charge in [0.05, 0.1) is 0 Å². The normalized spacial score (nSPS) is 28.3. The zero-order valence-electron chi connectivity index (χ0n) is 18.4. The quantitative estimate of drug-likeness (QED) is 0.449. The molecule has 3 aromatic rings. The summed E-state index contributed by atoms with van der Waals surface area (Å²) in [6, 6.07) is 27.6. The Hall–Kier alpha value is -2.54. The number of fused-ring (bicyclic) bond motifs is 6. The summed E-state index contributed by atoms with van der Waals surface area (Å²) >= 11 is 0.